The van der Waals surface area contributed by atoms with E-state index in [2.05, 4.69) is 10.6 Å². The molecule has 0 aliphatic rings. The zero-order valence-corrected chi connectivity index (χ0v) is 17.3. The fraction of sp³-hybridized carbons (Fsp3) is 0.160. The lowest BCUT2D eigenvalue weighted by Crippen LogP contribution is -2.21. The highest BCUT2D eigenvalue weighted by Gasteiger charge is 2.14. The van der Waals surface area contributed by atoms with Gasteiger partial charge in [-0.15, -0.1) is 0 Å². The molecule has 0 aromatic heterocycles. The fourth-order valence-corrected chi connectivity index (χ4v) is 3.11. The number of carbonyl (C=O) groups excluding carboxylic acids is 3. The average molecular weight is 416 g/mol. The van der Waals surface area contributed by atoms with Crippen molar-refractivity contribution < 1.29 is 19.1 Å². The highest BCUT2D eigenvalue weighted by molar-refractivity contribution is 5.96. The second-order valence-electron chi connectivity index (χ2n) is 7.03. The molecular formula is C25H24N2O4. The number of rotatable bonds is 8. The van der Waals surface area contributed by atoms with Crippen LogP contribution in [0.2, 0.25) is 0 Å². The molecule has 0 fully saturated rings. The molecule has 6 heteroatoms. The minimum atomic E-state index is -0.528. The lowest BCUT2D eigenvalue weighted by atomic mass is 10.00. The van der Waals surface area contributed by atoms with E-state index < -0.39 is 11.9 Å². The number of benzene rings is 3. The Hall–Kier alpha value is -3.93. The predicted molar refractivity (Wildman–Crippen MR) is 120 cm³/mol. The van der Waals surface area contributed by atoms with Crippen LogP contribution in [-0.2, 0) is 27.2 Å². The van der Waals surface area contributed by atoms with E-state index in [1.807, 2.05) is 42.5 Å². The Balaban J connectivity index is 1.53. The third kappa shape index (κ3) is 6.82. The summed E-state index contributed by atoms with van der Waals surface area (Å²) in [5, 5.41) is 5.31. The van der Waals surface area contributed by atoms with Crippen molar-refractivity contribution >= 4 is 29.2 Å². The smallest absolute Gasteiger partial charge is 0.338 e. The van der Waals surface area contributed by atoms with Gasteiger partial charge in [-0.3, -0.25) is 9.59 Å². The third-order valence-electron chi connectivity index (χ3n) is 4.59. The van der Waals surface area contributed by atoms with Gasteiger partial charge in [0.1, 0.15) is 0 Å². The number of hydrogen-bond donors (Lipinski definition) is 2. The molecule has 0 heterocycles. The van der Waals surface area contributed by atoms with Gasteiger partial charge >= 0.3 is 5.97 Å². The first kappa shape index (κ1) is 21.8. The molecule has 0 radical (unpaired) electrons. The number of amides is 2. The maximum atomic E-state index is 12.5. The van der Waals surface area contributed by atoms with Crippen LogP contribution in [0, 0.1) is 0 Å². The van der Waals surface area contributed by atoms with Crippen molar-refractivity contribution in [3.63, 3.8) is 0 Å². The topological polar surface area (TPSA) is 84.5 Å². The fourth-order valence-electron chi connectivity index (χ4n) is 3.11. The number of aryl methyl sites for hydroxylation is 2. The van der Waals surface area contributed by atoms with Gasteiger partial charge in [0.15, 0.2) is 6.61 Å². The number of ether oxygens (including phenoxy) is 1. The summed E-state index contributed by atoms with van der Waals surface area (Å²) in [5.74, 6) is -1.14. The zero-order chi connectivity index (χ0) is 22.1. The molecule has 0 aliphatic heterocycles. The number of anilines is 2. The van der Waals surface area contributed by atoms with E-state index in [0.717, 1.165) is 12.0 Å². The van der Waals surface area contributed by atoms with Crippen molar-refractivity contribution in [2.24, 2.45) is 0 Å². The Bertz CT molecular complexity index is 1050. The highest BCUT2D eigenvalue weighted by atomic mass is 16.5. The monoisotopic (exact) mass is 416 g/mol. The first-order valence-electron chi connectivity index (χ1n) is 9.98. The lowest BCUT2D eigenvalue weighted by molar-refractivity contribution is -0.119. The largest absolute Gasteiger partial charge is 0.452 e. The molecule has 2 N–H and O–H groups in total. The second-order valence-corrected chi connectivity index (χ2v) is 7.03. The van der Waals surface area contributed by atoms with Crippen molar-refractivity contribution in [1.29, 1.82) is 0 Å². The standard InChI is InChI=1S/C25H24N2O4/c1-18(28)26-21-13-15-22(16-14-21)27-24(29)17-31-25(30)23-10-6-5-9-20(23)12-11-19-7-3-2-4-8-19/h2-10,13-16H,11-12,17H2,1H3,(H,26,28)(H,27,29). The van der Waals surface area contributed by atoms with Gasteiger partial charge in [-0.25, -0.2) is 4.79 Å². The molecule has 3 aromatic rings. The highest BCUT2D eigenvalue weighted by Crippen LogP contribution is 2.15. The van der Waals surface area contributed by atoms with E-state index in [1.165, 1.54) is 12.5 Å². The molecule has 0 spiro atoms. The summed E-state index contributed by atoms with van der Waals surface area (Å²) in [6, 6.07) is 24.0. The number of hydrogen-bond acceptors (Lipinski definition) is 4. The molecule has 0 bridgehead atoms. The van der Waals surface area contributed by atoms with Gasteiger partial charge < -0.3 is 15.4 Å². The molecule has 2 amide bonds. The number of esters is 1. The minimum Gasteiger partial charge on any atom is -0.452 e. The lowest BCUT2D eigenvalue weighted by Gasteiger charge is -2.10. The van der Waals surface area contributed by atoms with Gasteiger partial charge in [0, 0.05) is 18.3 Å². The van der Waals surface area contributed by atoms with Crippen LogP contribution in [0.5, 0.6) is 0 Å². The molecule has 0 atom stereocenters. The maximum Gasteiger partial charge on any atom is 0.338 e. The van der Waals surface area contributed by atoms with Crippen molar-refractivity contribution in [2.45, 2.75) is 19.8 Å². The van der Waals surface area contributed by atoms with Crippen LogP contribution in [0.15, 0.2) is 78.9 Å². The summed E-state index contributed by atoms with van der Waals surface area (Å²) >= 11 is 0. The Kier molecular flexibility index (Phi) is 7.54. The quantitative estimate of drug-likeness (QED) is 0.539. The average Bonchev–Trinajstić information content (AvgIpc) is 2.78. The first-order chi connectivity index (χ1) is 15.0. The summed E-state index contributed by atoms with van der Waals surface area (Å²) in [4.78, 5) is 35.7. The second kappa shape index (κ2) is 10.7. The van der Waals surface area contributed by atoms with E-state index in [-0.39, 0.29) is 12.5 Å². The van der Waals surface area contributed by atoms with Crippen LogP contribution in [0.4, 0.5) is 11.4 Å². The minimum absolute atomic E-state index is 0.173. The Morgan fingerprint density at radius 2 is 1.35 bits per heavy atom. The van der Waals surface area contributed by atoms with Crippen LogP contribution < -0.4 is 10.6 Å². The molecular weight excluding hydrogens is 392 g/mol. The van der Waals surface area contributed by atoms with Crippen LogP contribution in [0.25, 0.3) is 0 Å². The van der Waals surface area contributed by atoms with Crippen LogP contribution in [-0.4, -0.2) is 24.4 Å². The molecule has 158 valence electrons. The van der Waals surface area contributed by atoms with Crippen LogP contribution >= 0.6 is 0 Å². The van der Waals surface area contributed by atoms with E-state index in [1.54, 1.807) is 36.4 Å². The van der Waals surface area contributed by atoms with Gasteiger partial charge in [-0.05, 0) is 54.3 Å². The van der Waals surface area contributed by atoms with Gasteiger partial charge in [-0.1, -0.05) is 48.5 Å². The summed E-state index contributed by atoms with van der Waals surface area (Å²) in [6.45, 7) is 1.03. The Morgan fingerprint density at radius 3 is 2.03 bits per heavy atom. The summed E-state index contributed by atoms with van der Waals surface area (Å²) in [5.41, 5.74) is 3.70. The van der Waals surface area contributed by atoms with Gasteiger partial charge in [0.25, 0.3) is 5.91 Å². The third-order valence-corrected chi connectivity index (χ3v) is 4.59. The van der Waals surface area contributed by atoms with E-state index in [0.29, 0.717) is 23.4 Å². The molecule has 31 heavy (non-hydrogen) atoms. The van der Waals surface area contributed by atoms with Crippen molar-refractivity contribution in [2.75, 3.05) is 17.2 Å². The molecule has 3 aromatic carbocycles. The maximum absolute atomic E-state index is 12.5. The van der Waals surface area contributed by atoms with E-state index in [4.69, 9.17) is 4.74 Å². The van der Waals surface area contributed by atoms with Crippen molar-refractivity contribution in [3.05, 3.63) is 95.6 Å². The summed E-state index contributed by atoms with van der Waals surface area (Å²) in [7, 11) is 0. The van der Waals surface area contributed by atoms with E-state index >= 15 is 0 Å². The van der Waals surface area contributed by atoms with Crippen LogP contribution in [0.3, 0.4) is 0 Å². The first-order valence-corrected chi connectivity index (χ1v) is 9.98. The number of carbonyl (C=O) groups is 3. The normalized spacial score (nSPS) is 10.2. The van der Waals surface area contributed by atoms with Crippen molar-refractivity contribution in [1.82, 2.24) is 0 Å². The molecule has 0 aliphatic carbocycles. The van der Waals surface area contributed by atoms with Gasteiger partial charge in [-0.2, -0.15) is 0 Å². The molecule has 0 saturated heterocycles. The van der Waals surface area contributed by atoms with E-state index in [9.17, 15) is 14.4 Å². The Morgan fingerprint density at radius 1 is 0.742 bits per heavy atom. The van der Waals surface area contributed by atoms with Crippen LogP contribution in [0.1, 0.15) is 28.4 Å². The molecule has 6 nitrogen and oxygen atoms in total. The van der Waals surface area contributed by atoms with Gasteiger partial charge in [0.05, 0.1) is 5.56 Å². The number of nitrogens with one attached hydrogen (secondary N) is 2. The molecule has 0 unspecified atom stereocenters. The van der Waals surface area contributed by atoms with Crippen molar-refractivity contribution in [3.8, 4) is 0 Å². The molecule has 0 saturated carbocycles. The summed E-state index contributed by atoms with van der Waals surface area (Å²) < 4.78 is 5.22. The molecule has 3 rings (SSSR count). The summed E-state index contributed by atoms with van der Waals surface area (Å²) in [6.07, 6.45) is 1.50. The van der Waals surface area contributed by atoms with Gasteiger partial charge in [0.2, 0.25) is 5.91 Å². The zero-order valence-electron chi connectivity index (χ0n) is 17.3. The predicted octanol–water partition coefficient (Wildman–Crippen LogP) is 4.23. The SMILES string of the molecule is CC(=O)Nc1ccc(NC(=O)COC(=O)c2ccccc2CCc2ccccc2)cc1. The Labute approximate surface area is 181 Å².